The van der Waals surface area contributed by atoms with E-state index >= 15 is 0 Å². The summed E-state index contributed by atoms with van der Waals surface area (Å²) in [6, 6.07) is 8.54. The lowest BCUT2D eigenvalue weighted by atomic mass is 10.1. The third-order valence-electron chi connectivity index (χ3n) is 3.22. The maximum absolute atomic E-state index is 11.9. The number of hydrogen-bond donors (Lipinski definition) is 1. The van der Waals surface area contributed by atoms with Crippen LogP contribution in [-0.2, 0) is 4.79 Å². The van der Waals surface area contributed by atoms with E-state index < -0.39 is 0 Å². The number of carbonyl (C=O) groups is 1. The summed E-state index contributed by atoms with van der Waals surface area (Å²) < 4.78 is 0. The molecule has 0 spiro atoms. The van der Waals surface area contributed by atoms with Crippen molar-refractivity contribution >= 4 is 22.4 Å². The highest BCUT2D eigenvalue weighted by Crippen LogP contribution is 2.19. The second-order valence-corrected chi connectivity index (χ2v) is 5.63. The molecule has 0 aliphatic carbocycles. The fourth-order valence-corrected chi connectivity index (χ4v) is 2.31. The molecule has 0 saturated carbocycles. The summed E-state index contributed by atoms with van der Waals surface area (Å²) >= 11 is 1.31. The number of anilines is 1. The standard InChI is InChI=1S/C14H18N4OS/c1-10-4-6-12(7-5-10)11(2)18(3)8-13(19)16-14-17-15-9-20-14/h4-7,9,11H,8H2,1-3H3,(H,16,17,19). The summed E-state index contributed by atoms with van der Waals surface area (Å²) in [5.41, 5.74) is 4.02. The molecule has 1 aromatic carbocycles. The zero-order chi connectivity index (χ0) is 14.5. The van der Waals surface area contributed by atoms with E-state index in [1.54, 1.807) is 5.51 Å². The topological polar surface area (TPSA) is 58.1 Å². The lowest BCUT2D eigenvalue weighted by molar-refractivity contribution is -0.117. The molecular weight excluding hydrogens is 272 g/mol. The van der Waals surface area contributed by atoms with Crippen molar-refractivity contribution in [2.24, 2.45) is 0 Å². The third-order valence-corrected chi connectivity index (χ3v) is 3.83. The second-order valence-electron chi connectivity index (χ2n) is 4.79. The monoisotopic (exact) mass is 290 g/mol. The van der Waals surface area contributed by atoms with Gasteiger partial charge in [-0.25, -0.2) is 0 Å². The Labute approximate surface area is 122 Å². The molecule has 0 bridgehead atoms. The summed E-state index contributed by atoms with van der Waals surface area (Å²) in [6.45, 7) is 4.46. The average molecular weight is 290 g/mol. The van der Waals surface area contributed by atoms with E-state index in [0.717, 1.165) is 0 Å². The predicted octanol–water partition coefficient (Wildman–Crippen LogP) is 2.48. The zero-order valence-electron chi connectivity index (χ0n) is 11.8. The highest BCUT2D eigenvalue weighted by Gasteiger charge is 2.15. The van der Waals surface area contributed by atoms with Crippen LogP contribution in [0.4, 0.5) is 5.13 Å². The van der Waals surface area contributed by atoms with Crippen LogP contribution < -0.4 is 5.32 Å². The Kier molecular flexibility index (Phi) is 4.81. The van der Waals surface area contributed by atoms with Crippen LogP contribution in [0, 0.1) is 6.92 Å². The van der Waals surface area contributed by atoms with Gasteiger partial charge in [-0.15, -0.1) is 10.2 Å². The van der Waals surface area contributed by atoms with Crippen molar-refractivity contribution in [2.75, 3.05) is 18.9 Å². The molecule has 6 heteroatoms. The predicted molar refractivity (Wildman–Crippen MR) is 80.8 cm³/mol. The maximum Gasteiger partial charge on any atom is 0.240 e. The van der Waals surface area contributed by atoms with Crippen molar-refractivity contribution in [3.8, 4) is 0 Å². The van der Waals surface area contributed by atoms with Gasteiger partial charge < -0.3 is 0 Å². The number of aromatic nitrogens is 2. The van der Waals surface area contributed by atoms with Gasteiger partial charge in [-0.1, -0.05) is 41.2 Å². The van der Waals surface area contributed by atoms with Gasteiger partial charge in [-0.2, -0.15) is 0 Å². The lowest BCUT2D eigenvalue weighted by Gasteiger charge is -2.24. The van der Waals surface area contributed by atoms with E-state index in [1.807, 2.05) is 11.9 Å². The Morgan fingerprint density at radius 3 is 2.70 bits per heavy atom. The number of nitrogens with one attached hydrogen (secondary N) is 1. The van der Waals surface area contributed by atoms with Crippen LogP contribution in [-0.4, -0.2) is 34.6 Å². The summed E-state index contributed by atoms with van der Waals surface area (Å²) in [6.07, 6.45) is 0. The molecule has 0 saturated heterocycles. The van der Waals surface area contributed by atoms with Crippen LogP contribution in [0.1, 0.15) is 24.1 Å². The highest BCUT2D eigenvalue weighted by molar-refractivity contribution is 7.13. The fraction of sp³-hybridized carbons (Fsp3) is 0.357. The Morgan fingerprint density at radius 1 is 1.40 bits per heavy atom. The largest absolute Gasteiger partial charge is 0.299 e. The number of benzene rings is 1. The lowest BCUT2D eigenvalue weighted by Crippen LogP contribution is -2.32. The zero-order valence-corrected chi connectivity index (χ0v) is 12.6. The minimum absolute atomic E-state index is 0.0804. The fourth-order valence-electron chi connectivity index (χ4n) is 1.85. The number of hydrogen-bond acceptors (Lipinski definition) is 5. The van der Waals surface area contributed by atoms with Gasteiger partial charge in [0.15, 0.2) is 0 Å². The molecule has 1 aromatic heterocycles. The van der Waals surface area contributed by atoms with Gasteiger partial charge in [0.1, 0.15) is 5.51 Å². The normalized spacial score (nSPS) is 12.4. The minimum Gasteiger partial charge on any atom is -0.299 e. The third kappa shape index (κ3) is 3.85. The van der Waals surface area contributed by atoms with Crippen LogP contribution in [0.25, 0.3) is 0 Å². The molecule has 5 nitrogen and oxygen atoms in total. The molecule has 2 rings (SSSR count). The first-order valence-corrected chi connectivity index (χ1v) is 7.27. The summed E-state index contributed by atoms with van der Waals surface area (Å²) in [7, 11) is 1.93. The van der Waals surface area contributed by atoms with Crippen molar-refractivity contribution < 1.29 is 4.79 Å². The number of likely N-dealkylation sites (N-methyl/N-ethyl adjacent to an activating group) is 1. The van der Waals surface area contributed by atoms with E-state index in [2.05, 4.69) is 53.6 Å². The van der Waals surface area contributed by atoms with Crippen molar-refractivity contribution in [2.45, 2.75) is 19.9 Å². The molecule has 1 amide bonds. The van der Waals surface area contributed by atoms with Gasteiger partial charge in [0.25, 0.3) is 0 Å². The molecule has 0 fully saturated rings. The Hall–Kier alpha value is -1.79. The number of amides is 1. The molecule has 2 aromatic rings. The van der Waals surface area contributed by atoms with Gasteiger partial charge in [-0.05, 0) is 26.5 Å². The van der Waals surface area contributed by atoms with Crippen LogP contribution >= 0.6 is 11.3 Å². The van der Waals surface area contributed by atoms with E-state index in [0.29, 0.717) is 11.7 Å². The van der Waals surface area contributed by atoms with E-state index in [9.17, 15) is 4.79 Å². The molecule has 1 unspecified atom stereocenters. The number of carbonyl (C=O) groups excluding carboxylic acids is 1. The summed E-state index contributed by atoms with van der Waals surface area (Å²) in [5.74, 6) is -0.0804. The Balaban J connectivity index is 1.91. The molecule has 106 valence electrons. The van der Waals surface area contributed by atoms with E-state index in [4.69, 9.17) is 0 Å². The van der Waals surface area contributed by atoms with Gasteiger partial charge in [0, 0.05) is 6.04 Å². The number of aryl methyl sites for hydroxylation is 1. The van der Waals surface area contributed by atoms with Crippen LogP contribution in [0.15, 0.2) is 29.8 Å². The first-order chi connectivity index (χ1) is 9.56. The highest BCUT2D eigenvalue weighted by atomic mass is 32.1. The molecule has 20 heavy (non-hydrogen) atoms. The molecule has 0 aliphatic heterocycles. The smallest absolute Gasteiger partial charge is 0.240 e. The summed E-state index contributed by atoms with van der Waals surface area (Å²) in [5, 5.41) is 10.7. The van der Waals surface area contributed by atoms with Crippen LogP contribution in [0.2, 0.25) is 0 Å². The maximum atomic E-state index is 11.9. The summed E-state index contributed by atoms with van der Waals surface area (Å²) in [4.78, 5) is 13.9. The molecule has 1 heterocycles. The quantitative estimate of drug-likeness (QED) is 0.919. The SMILES string of the molecule is Cc1ccc(C(C)N(C)CC(=O)Nc2nncs2)cc1. The minimum atomic E-state index is -0.0804. The first kappa shape index (κ1) is 14.6. The van der Waals surface area contributed by atoms with E-state index in [1.165, 1.54) is 22.5 Å². The van der Waals surface area contributed by atoms with Gasteiger partial charge in [0.2, 0.25) is 11.0 Å². The van der Waals surface area contributed by atoms with Crippen molar-refractivity contribution in [3.05, 3.63) is 40.9 Å². The molecule has 1 atom stereocenters. The molecular formula is C14H18N4OS. The van der Waals surface area contributed by atoms with Gasteiger partial charge in [-0.3, -0.25) is 15.0 Å². The second kappa shape index (κ2) is 6.58. The molecule has 0 radical (unpaired) electrons. The van der Waals surface area contributed by atoms with Crippen LogP contribution in [0.3, 0.4) is 0 Å². The molecule has 1 N–H and O–H groups in total. The van der Waals surface area contributed by atoms with Gasteiger partial charge in [0.05, 0.1) is 6.54 Å². The van der Waals surface area contributed by atoms with E-state index in [-0.39, 0.29) is 11.9 Å². The first-order valence-electron chi connectivity index (χ1n) is 6.39. The van der Waals surface area contributed by atoms with Gasteiger partial charge >= 0.3 is 0 Å². The Morgan fingerprint density at radius 2 is 2.10 bits per heavy atom. The average Bonchev–Trinajstić information content (AvgIpc) is 2.91. The number of rotatable bonds is 5. The van der Waals surface area contributed by atoms with Crippen molar-refractivity contribution in [1.82, 2.24) is 15.1 Å². The molecule has 0 aliphatic rings. The van der Waals surface area contributed by atoms with Crippen molar-refractivity contribution in [1.29, 1.82) is 0 Å². The number of nitrogens with zero attached hydrogens (tertiary/aromatic N) is 3. The van der Waals surface area contributed by atoms with Crippen molar-refractivity contribution in [3.63, 3.8) is 0 Å². The Bertz CT molecular complexity index is 553. The van der Waals surface area contributed by atoms with Crippen LogP contribution in [0.5, 0.6) is 0 Å².